The van der Waals surface area contributed by atoms with E-state index in [2.05, 4.69) is 0 Å². The third-order valence-electron chi connectivity index (χ3n) is 3.25. The van der Waals surface area contributed by atoms with Gasteiger partial charge in [0.25, 0.3) is 7.83 Å². The highest BCUT2D eigenvalue weighted by atomic mass is 29.3. The highest BCUT2D eigenvalue weighted by molar-refractivity contribution is 7.31. The quantitative estimate of drug-likeness (QED) is 0.264. The van der Waals surface area contributed by atoms with Crippen LogP contribution in [0.5, 0.6) is 0 Å². The van der Waals surface area contributed by atoms with Gasteiger partial charge in [0.05, 0.1) is 6.61 Å². The molecule has 0 amide bonds. The minimum absolute atomic E-state index is 0.331. The number of carbonyl (C=O) groups is 1. The first-order valence-corrected chi connectivity index (χ1v) is 11.8. The highest BCUT2D eigenvalue weighted by Gasteiger charge is 2.60. The Morgan fingerprint density at radius 1 is 1.05 bits per heavy atom. The second-order valence-electron chi connectivity index (χ2n) is 4.37. The normalized spacial score (nSPS) is 15.3. The Hall–Kier alpha value is -0.516. The molecule has 0 radical (unpaired) electrons. The topological polar surface area (TPSA) is 63.2 Å². The van der Waals surface area contributed by atoms with Crippen molar-refractivity contribution in [2.75, 3.05) is 35.0 Å². The molecule has 0 aromatic heterocycles. The minimum Gasteiger partial charge on any atom is -0.463 e. The van der Waals surface area contributed by atoms with Crippen LogP contribution in [0, 0.1) is 0 Å². The molecule has 0 aromatic rings. The minimum atomic E-state index is -2.80. The summed E-state index contributed by atoms with van der Waals surface area (Å²) < 4.78 is 27.3. The van der Waals surface area contributed by atoms with Gasteiger partial charge in [0.15, 0.2) is 0 Å². The Balaban J connectivity index is 4.55. The average Bonchev–Trinajstić information content (AvgIpc) is 2.46. The molecule has 0 heterocycles. The first-order valence-electron chi connectivity index (χ1n) is 6.45. The van der Waals surface area contributed by atoms with Gasteiger partial charge in [-0.3, -0.25) is 0 Å². The summed E-state index contributed by atoms with van der Waals surface area (Å²) in [5.41, 5.74) is 0. The molecule has 6 nitrogen and oxygen atoms in total. The summed E-state index contributed by atoms with van der Waals surface area (Å²) in [6.07, 6.45) is 3.73. The molecular formula is C12H26O6Si2. The van der Waals surface area contributed by atoms with Gasteiger partial charge >= 0.3 is 14.3 Å². The van der Waals surface area contributed by atoms with Gasteiger partial charge in [-0.15, -0.1) is 0 Å². The van der Waals surface area contributed by atoms with Crippen LogP contribution in [-0.2, 0) is 27.2 Å². The van der Waals surface area contributed by atoms with E-state index >= 15 is 0 Å². The van der Waals surface area contributed by atoms with Gasteiger partial charge in [0, 0.05) is 34.5 Å². The number of rotatable bonds is 10. The van der Waals surface area contributed by atoms with Crippen molar-refractivity contribution in [1.29, 1.82) is 0 Å². The lowest BCUT2D eigenvalue weighted by atomic mass is 10.5. The lowest BCUT2D eigenvalue weighted by molar-refractivity contribution is -0.137. The lowest BCUT2D eigenvalue weighted by Gasteiger charge is -2.37. The summed E-state index contributed by atoms with van der Waals surface area (Å²) in [5.74, 6) is -0.331. The molecule has 1 unspecified atom stereocenters. The van der Waals surface area contributed by atoms with Gasteiger partial charge in [-0.05, 0) is 25.9 Å². The summed E-state index contributed by atoms with van der Waals surface area (Å²) in [4.78, 5) is 11.2. The molecule has 20 heavy (non-hydrogen) atoms. The Morgan fingerprint density at radius 2 is 1.60 bits per heavy atom. The van der Waals surface area contributed by atoms with Crippen molar-refractivity contribution < 1.29 is 27.2 Å². The van der Waals surface area contributed by atoms with Gasteiger partial charge in [0.2, 0.25) is 0 Å². The molecule has 0 bridgehead atoms. The molecule has 0 aliphatic carbocycles. The molecule has 1 atom stereocenters. The Kier molecular flexibility index (Phi) is 9.18. The second kappa shape index (κ2) is 9.43. The smallest absolute Gasteiger partial charge is 0.463 e. The van der Waals surface area contributed by atoms with Crippen molar-refractivity contribution in [1.82, 2.24) is 0 Å². The van der Waals surface area contributed by atoms with Crippen molar-refractivity contribution in [3.8, 4) is 0 Å². The van der Waals surface area contributed by atoms with E-state index in [9.17, 15) is 4.79 Å². The summed E-state index contributed by atoms with van der Waals surface area (Å²) in [5, 5.41) is 0. The zero-order chi connectivity index (χ0) is 15.6. The van der Waals surface area contributed by atoms with Crippen LogP contribution in [0.2, 0.25) is 12.6 Å². The predicted octanol–water partition coefficient (Wildman–Crippen LogP) is 1.67. The molecule has 0 aliphatic rings. The van der Waals surface area contributed by atoms with E-state index in [4.69, 9.17) is 22.4 Å². The van der Waals surface area contributed by atoms with Crippen molar-refractivity contribution >= 4 is 22.1 Å². The van der Waals surface area contributed by atoms with Crippen molar-refractivity contribution in [3.63, 3.8) is 0 Å². The first kappa shape index (κ1) is 19.5. The van der Waals surface area contributed by atoms with Crippen LogP contribution in [-0.4, -0.2) is 57.2 Å². The average molecular weight is 323 g/mol. The molecule has 0 saturated carbocycles. The lowest BCUT2D eigenvalue weighted by Crippen LogP contribution is -2.67. The van der Waals surface area contributed by atoms with E-state index in [1.54, 1.807) is 41.4 Å². The van der Waals surface area contributed by atoms with Gasteiger partial charge in [0.1, 0.15) is 0 Å². The molecule has 0 aromatic carbocycles. The van der Waals surface area contributed by atoms with Gasteiger partial charge in [-0.25, -0.2) is 4.79 Å². The van der Waals surface area contributed by atoms with Gasteiger partial charge in [-0.2, -0.15) is 0 Å². The largest absolute Gasteiger partial charge is 0.502 e. The molecule has 0 aliphatic heterocycles. The molecular weight excluding hydrogens is 296 g/mol. The van der Waals surface area contributed by atoms with Crippen LogP contribution in [0.4, 0.5) is 0 Å². The summed E-state index contributed by atoms with van der Waals surface area (Å²) in [7, 11) is 1.25. The summed E-state index contributed by atoms with van der Waals surface area (Å²) in [6.45, 7) is 4.13. The Labute approximate surface area is 123 Å². The maximum Gasteiger partial charge on any atom is 0.502 e. The van der Waals surface area contributed by atoms with E-state index in [1.807, 2.05) is 6.55 Å². The Bertz CT molecular complexity index is 311. The first-order chi connectivity index (χ1) is 9.45. The number of esters is 1. The zero-order valence-corrected chi connectivity index (χ0v) is 15.2. The number of hydrogen-bond acceptors (Lipinski definition) is 6. The fraction of sp³-hybridized carbons (Fsp3) is 0.750. The maximum absolute atomic E-state index is 11.2. The molecule has 118 valence electrons. The fourth-order valence-corrected chi connectivity index (χ4v) is 11.5. The third-order valence-corrected chi connectivity index (χ3v) is 15.5. The SMILES string of the molecule is CC=CC(=O)OCCC[Si](C)(OC)[Si](OC)(OC)OC. The van der Waals surface area contributed by atoms with E-state index < -0.39 is 16.2 Å². The van der Waals surface area contributed by atoms with Crippen LogP contribution >= 0.6 is 0 Å². The monoisotopic (exact) mass is 322 g/mol. The van der Waals surface area contributed by atoms with E-state index in [1.165, 1.54) is 6.08 Å². The van der Waals surface area contributed by atoms with Crippen LogP contribution in [0.25, 0.3) is 0 Å². The van der Waals surface area contributed by atoms with Crippen LogP contribution in [0.15, 0.2) is 12.2 Å². The predicted molar refractivity (Wildman–Crippen MR) is 80.6 cm³/mol. The van der Waals surface area contributed by atoms with Crippen molar-refractivity contribution in [3.05, 3.63) is 12.2 Å². The molecule has 0 rings (SSSR count). The number of hydrogen-bond donors (Lipinski definition) is 0. The maximum atomic E-state index is 11.2. The molecule has 0 N–H and O–H groups in total. The second-order valence-corrected chi connectivity index (χ2v) is 15.1. The molecule has 0 spiro atoms. The van der Waals surface area contributed by atoms with E-state index in [0.29, 0.717) is 13.0 Å². The van der Waals surface area contributed by atoms with Gasteiger partial charge in [-0.1, -0.05) is 6.08 Å². The molecule has 8 heteroatoms. The highest BCUT2D eigenvalue weighted by Crippen LogP contribution is 2.27. The summed E-state index contributed by atoms with van der Waals surface area (Å²) in [6, 6.07) is 0.731. The Morgan fingerprint density at radius 3 is 2.00 bits per heavy atom. The third kappa shape index (κ3) is 4.79. The van der Waals surface area contributed by atoms with E-state index in [-0.39, 0.29) is 5.97 Å². The molecule has 0 saturated heterocycles. The number of allylic oxidation sites excluding steroid dienone is 1. The van der Waals surface area contributed by atoms with Crippen LogP contribution in [0.1, 0.15) is 13.3 Å². The summed E-state index contributed by atoms with van der Waals surface area (Å²) >= 11 is 0. The molecule has 0 fully saturated rings. The standard InChI is InChI=1S/C12H26O6Si2/c1-7-9-12(13)18-10-8-11-19(6,14-2)20(15-3,16-4)17-5/h7,9H,8,10-11H2,1-6H3. The number of ether oxygens (including phenoxy) is 1. The number of carbonyl (C=O) groups excluding carboxylic acids is 1. The van der Waals surface area contributed by atoms with Crippen molar-refractivity contribution in [2.45, 2.75) is 25.9 Å². The fourth-order valence-electron chi connectivity index (χ4n) is 2.04. The van der Waals surface area contributed by atoms with Gasteiger partial charge < -0.3 is 22.4 Å². The van der Waals surface area contributed by atoms with Crippen LogP contribution in [0.3, 0.4) is 0 Å². The zero-order valence-electron chi connectivity index (χ0n) is 13.2. The van der Waals surface area contributed by atoms with E-state index in [0.717, 1.165) is 6.04 Å². The van der Waals surface area contributed by atoms with Crippen LogP contribution < -0.4 is 0 Å². The van der Waals surface area contributed by atoms with Crippen molar-refractivity contribution in [2.24, 2.45) is 0 Å².